The van der Waals surface area contributed by atoms with E-state index in [1.54, 1.807) is 11.0 Å². The molecule has 2 aromatic rings. The number of hydrogen-bond donors (Lipinski definition) is 3. The van der Waals surface area contributed by atoms with E-state index in [-0.39, 0.29) is 24.3 Å². The maximum Gasteiger partial charge on any atom is 0.255 e. The van der Waals surface area contributed by atoms with E-state index >= 15 is 0 Å². The Morgan fingerprint density at radius 3 is 2.54 bits per heavy atom. The molecule has 1 unspecified atom stereocenters. The van der Waals surface area contributed by atoms with Crippen LogP contribution >= 0.6 is 0 Å². The Morgan fingerprint density at radius 1 is 0.976 bits per heavy atom. The molecule has 3 amide bonds. The monoisotopic (exact) mass is 566 g/mol. The van der Waals surface area contributed by atoms with Crippen molar-refractivity contribution in [3.8, 4) is 5.75 Å². The molecule has 4 N–H and O–H groups in total. The average molecular weight is 567 g/mol. The third-order valence-corrected chi connectivity index (χ3v) is 7.31. The number of nitrogens with two attached hydrogens (primary N) is 1. The first-order valence-corrected chi connectivity index (χ1v) is 14.6. The molecular formula is C31H42N4O6. The Bertz CT molecular complexity index is 1190. The van der Waals surface area contributed by atoms with Crippen LogP contribution in [0.3, 0.4) is 0 Å². The number of ether oxygens (including phenoxy) is 3. The van der Waals surface area contributed by atoms with E-state index in [1.165, 1.54) is 0 Å². The Morgan fingerprint density at radius 2 is 1.73 bits per heavy atom. The fourth-order valence-electron chi connectivity index (χ4n) is 5.04. The Balaban J connectivity index is 1.02. The zero-order chi connectivity index (χ0) is 29.0. The zero-order valence-corrected chi connectivity index (χ0v) is 23.9. The van der Waals surface area contributed by atoms with Gasteiger partial charge < -0.3 is 30.2 Å². The van der Waals surface area contributed by atoms with Gasteiger partial charge in [-0.2, -0.15) is 0 Å². The molecule has 0 aromatic heterocycles. The number of piperidine rings is 1. The molecule has 0 spiro atoms. The van der Waals surface area contributed by atoms with Gasteiger partial charge in [0.05, 0.1) is 13.2 Å². The highest BCUT2D eigenvalue weighted by Gasteiger charge is 2.39. The van der Waals surface area contributed by atoms with E-state index in [2.05, 4.69) is 10.6 Å². The SMILES string of the molecule is C[C@@H](N)c1cccc(OCCCCCOCCCOCCNc2cccc3c2CN(C2CCC(=O)NC2=O)C3=O)c1. The summed E-state index contributed by atoms with van der Waals surface area (Å²) in [6.45, 7) is 6.13. The summed E-state index contributed by atoms with van der Waals surface area (Å²) in [5.41, 5.74) is 9.33. The summed E-state index contributed by atoms with van der Waals surface area (Å²) in [5, 5.41) is 5.69. The van der Waals surface area contributed by atoms with Gasteiger partial charge in [0.2, 0.25) is 11.8 Å². The van der Waals surface area contributed by atoms with Gasteiger partial charge in [-0.25, -0.2) is 0 Å². The lowest BCUT2D eigenvalue weighted by atomic mass is 10.0. The molecule has 0 saturated carbocycles. The molecule has 2 heterocycles. The summed E-state index contributed by atoms with van der Waals surface area (Å²) in [4.78, 5) is 38.3. The molecule has 2 aromatic carbocycles. The van der Waals surface area contributed by atoms with E-state index in [4.69, 9.17) is 19.9 Å². The Hall–Kier alpha value is -3.47. The number of fused-ring (bicyclic) bond motifs is 1. The van der Waals surface area contributed by atoms with Crippen molar-refractivity contribution in [3.63, 3.8) is 0 Å². The fraction of sp³-hybridized carbons (Fsp3) is 0.516. The topological polar surface area (TPSA) is 132 Å². The van der Waals surface area contributed by atoms with Gasteiger partial charge in [0.1, 0.15) is 11.8 Å². The molecule has 4 rings (SSSR count). The first-order valence-electron chi connectivity index (χ1n) is 14.6. The zero-order valence-electron chi connectivity index (χ0n) is 23.9. The third-order valence-electron chi connectivity index (χ3n) is 7.31. The van der Waals surface area contributed by atoms with E-state index in [1.807, 2.05) is 43.3 Å². The summed E-state index contributed by atoms with van der Waals surface area (Å²) in [5.74, 6) is -0.00177. The minimum Gasteiger partial charge on any atom is -0.494 e. The molecule has 10 nitrogen and oxygen atoms in total. The molecule has 2 aliphatic rings. The van der Waals surface area contributed by atoms with Crippen LogP contribution in [0.1, 0.15) is 73.0 Å². The number of carbonyl (C=O) groups is 3. The van der Waals surface area contributed by atoms with Gasteiger partial charge in [0.25, 0.3) is 5.91 Å². The Kier molecular flexibility index (Phi) is 11.5. The normalized spacial score (nSPS) is 17.4. The van der Waals surface area contributed by atoms with Gasteiger partial charge >= 0.3 is 0 Å². The molecular weight excluding hydrogens is 524 g/mol. The molecule has 2 aliphatic heterocycles. The summed E-state index contributed by atoms with van der Waals surface area (Å²) in [6, 6.07) is 12.9. The van der Waals surface area contributed by atoms with Crippen LogP contribution in [0.4, 0.5) is 5.69 Å². The summed E-state index contributed by atoms with van der Waals surface area (Å²) in [7, 11) is 0. The maximum atomic E-state index is 12.9. The quantitative estimate of drug-likeness (QED) is 0.196. The molecule has 0 aliphatic carbocycles. The van der Waals surface area contributed by atoms with Crippen LogP contribution in [0.25, 0.3) is 0 Å². The van der Waals surface area contributed by atoms with Crippen LogP contribution in [-0.2, 0) is 25.6 Å². The second-order valence-corrected chi connectivity index (χ2v) is 10.5. The van der Waals surface area contributed by atoms with Crippen molar-refractivity contribution in [2.75, 3.05) is 44.9 Å². The van der Waals surface area contributed by atoms with Crippen molar-refractivity contribution in [1.29, 1.82) is 0 Å². The van der Waals surface area contributed by atoms with Crippen LogP contribution in [0.5, 0.6) is 5.75 Å². The smallest absolute Gasteiger partial charge is 0.255 e. The number of unbranched alkanes of at least 4 members (excludes halogenated alkanes) is 2. The van der Waals surface area contributed by atoms with Crippen LogP contribution in [-0.4, -0.2) is 68.2 Å². The molecule has 2 atom stereocenters. The predicted molar refractivity (Wildman–Crippen MR) is 156 cm³/mol. The molecule has 1 fully saturated rings. The highest BCUT2D eigenvalue weighted by molar-refractivity contribution is 6.06. The molecule has 0 radical (unpaired) electrons. The predicted octanol–water partition coefficient (Wildman–Crippen LogP) is 3.55. The summed E-state index contributed by atoms with van der Waals surface area (Å²) in [6.07, 6.45) is 4.45. The van der Waals surface area contributed by atoms with Gasteiger partial charge in [0, 0.05) is 62.2 Å². The number of rotatable bonds is 17. The van der Waals surface area contributed by atoms with Crippen LogP contribution in [0.15, 0.2) is 42.5 Å². The van der Waals surface area contributed by atoms with Crippen molar-refractivity contribution in [1.82, 2.24) is 10.2 Å². The average Bonchev–Trinajstić information content (AvgIpc) is 3.30. The second-order valence-electron chi connectivity index (χ2n) is 10.5. The number of hydrogen-bond acceptors (Lipinski definition) is 8. The fourth-order valence-corrected chi connectivity index (χ4v) is 5.04. The number of nitrogens with one attached hydrogen (secondary N) is 2. The highest BCUT2D eigenvalue weighted by Crippen LogP contribution is 2.32. The van der Waals surface area contributed by atoms with Crippen molar-refractivity contribution >= 4 is 23.4 Å². The van der Waals surface area contributed by atoms with E-state index in [9.17, 15) is 14.4 Å². The van der Waals surface area contributed by atoms with E-state index in [0.29, 0.717) is 51.5 Å². The van der Waals surface area contributed by atoms with Gasteiger partial charge in [-0.05, 0) is 68.9 Å². The lowest BCUT2D eigenvalue weighted by Gasteiger charge is -2.29. The lowest BCUT2D eigenvalue weighted by Crippen LogP contribution is -2.52. The number of imide groups is 1. The van der Waals surface area contributed by atoms with Crippen LogP contribution in [0.2, 0.25) is 0 Å². The van der Waals surface area contributed by atoms with Crippen molar-refractivity contribution in [2.24, 2.45) is 5.73 Å². The molecule has 10 heteroatoms. The van der Waals surface area contributed by atoms with Gasteiger partial charge in [-0.3, -0.25) is 19.7 Å². The molecule has 1 saturated heterocycles. The van der Waals surface area contributed by atoms with Crippen molar-refractivity contribution in [3.05, 3.63) is 59.2 Å². The molecule has 0 bridgehead atoms. The Labute approximate surface area is 241 Å². The highest BCUT2D eigenvalue weighted by atomic mass is 16.5. The minimum atomic E-state index is -0.617. The van der Waals surface area contributed by atoms with Gasteiger partial charge in [-0.1, -0.05) is 18.2 Å². The summed E-state index contributed by atoms with van der Waals surface area (Å²) >= 11 is 0. The largest absolute Gasteiger partial charge is 0.494 e. The number of benzene rings is 2. The van der Waals surface area contributed by atoms with Gasteiger partial charge in [0.15, 0.2) is 0 Å². The first-order chi connectivity index (χ1) is 19.9. The van der Waals surface area contributed by atoms with Crippen LogP contribution < -0.4 is 21.1 Å². The van der Waals surface area contributed by atoms with E-state index < -0.39 is 11.9 Å². The maximum absolute atomic E-state index is 12.9. The van der Waals surface area contributed by atoms with E-state index in [0.717, 1.165) is 54.9 Å². The third kappa shape index (κ3) is 8.76. The standard InChI is InChI=1S/C31H42N4O6/c1-22(32)23-8-5-9-24(20-23)41-18-4-2-3-15-39-16-7-17-40-19-14-33-27-11-6-10-25-26(27)21-35(31(25)38)28-12-13-29(36)34-30(28)37/h5-6,8-11,20,22,28,33H,2-4,7,12-19,21,32H2,1H3,(H,34,36,37)/t22-,28?/m1/s1. The number of amides is 3. The number of nitrogens with zero attached hydrogens (tertiary/aromatic N) is 1. The lowest BCUT2D eigenvalue weighted by molar-refractivity contribution is -0.136. The van der Waals surface area contributed by atoms with Crippen molar-refractivity contribution < 1.29 is 28.6 Å². The minimum absolute atomic E-state index is 0.00241. The second kappa shape index (κ2) is 15.5. The molecule has 222 valence electrons. The van der Waals surface area contributed by atoms with Crippen molar-refractivity contribution in [2.45, 2.75) is 64.1 Å². The number of carbonyl (C=O) groups excluding carboxylic acids is 3. The number of anilines is 1. The summed E-state index contributed by atoms with van der Waals surface area (Å²) < 4.78 is 17.3. The van der Waals surface area contributed by atoms with Gasteiger partial charge in [-0.15, -0.1) is 0 Å². The van der Waals surface area contributed by atoms with Crippen LogP contribution in [0, 0.1) is 0 Å². The molecule has 41 heavy (non-hydrogen) atoms. The first kappa shape index (κ1) is 30.5.